The van der Waals surface area contributed by atoms with E-state index in [1.807, 2.05) is 6.92 Å². The zero-order valence-corrected chi connectivity index (χ0v) is 10.5. The van der Waals surface area contributed by atoms with Crippen LogP contribution in [0.4, 0.5) is 0 Å². The van der Waals surface area contributed by atoms with E-state index in [9.17, 15) is 4.79 Å². The van der Waals surface area contributed by atoms with Gasteiger partial charge in [0, 0.05) is 11.8 Å². The van der Waals surface area contributed by atoms with E-state index in [4.69, 9.17) is 10.9 Å². The molecule has 1 unspecified atom stereocenters. The standard InChI is InChI=1S/C10H19N3O2S/c1-3-16-6-7(2)12-9(14)10(4-5-10)8(11)13-15/h7,15H,3-6H2,1-2H3,(H2,11,13)(H,12,14). The van der Waals surface area contributed by atoms with E-state index >= 15 is 0 Å². The van der Waals surface area contributed by atoms with Crippen LogP contribution in [0.3, 0.4) is 0 Å². The average molecular weight is 245 g/mol. The molecule has 0 bridgehead atoms. The number of nitrogens with two attached hydrogens (primary N) is 1. The van der Waals surface area contributed by atoms with Gasteiger partial charge in [-0.3, -0.25) is 4.79 Å². The molecule has 5 nitrogen and oxygen atoms in total. The van der Waals surface area contributed by atoms with Crippen LogP contribution in [-0.4, -0.2) is 34.5 Å². The normalized spacial score (nSPS) is 20.2. The summed E-state index contributed by atoms with van der Waals surface area (Å²) in [6.45, 7) is 4.04. The maximum absolute atomic E-state index is 11.9. The lowest BCUT2D eigenvalue weighted by Crippen LogP contribution is -2.45. The van der Waals surface area contributed by atoms with Crippen LogP contribution in [0.1, 0.15) is 26.7 Å². The Hall–Kier alpha value is -0.910. The Kier molecular flexibility index (Phi) is 4.46. The van der Waals surface area contributed by atoms with Gasteiger partial charge in [0.15, 0.2) is 5.84 Å². The number of oxime groups is 1. The summed E-state index contributed by atoms with van der Waals surface area (Å²) < 4.78 is 0. The van der Waals surface area contributed by atoms with E-state index in [0.717, 1.165) is 11.5 Å². The Morgan fingerprint density at radius 3 is 2.75 bits per heavy atom. The zero-order chi connectivity index (χ0) is 12.2. The van der Waals surface area contributed by atoms with Gasteiger partial charge < -0.3 is 16.3 Å². The van der Waals surface area contributed by atoms with Crippen LogP contribution in [0.25, 0.3) is 0 Å². The first-order chi connectivity index (χ1) is 7.56. The number of nitrogens with zero attached hydrogens (tertiary/aromatic N) is 1. The van der Waals surface area contributed by atoms with Gasteiger partial charge in [-0.15, -0.1) is 0 Å². The van der Waals surface area contributed by atoms with E-state index in [2.05, 4.69) is 17.4 Å². The number of amides is 1. The molecule has 16 heavy (non-hydrogen) atoms. The maximum Gasteiger partial charge on any atom is 0.234 e. The summed E-state index contributed by atoms with van der Waals surface area (Å²) in [6.07, 6.45) is 1.34. The summed E-state index contributed by atoms with van der Waals surface area (Å²) in [4.78, 5) is 11.9. The topological polar surface area (TPSA) is 87.7 Å². The lowest BCUT2D eigenvalue weighted by Gasteiger charge is -2.18. The fourth-order valence-corrected chi connectivity index (χ4v) is 2.19. The Morgan fingerprint density at radius 2 is 2.31 bits per heavy atom. The monoisotopic (exact) mass is 245 g/mol. The molecular formula is C10H19N3O2S. The maximum atomic E-state index is 11.9. The molecule has 0 radical (unpaired) electrons. The van der Waals surface area contributed by atoms with Gasteiger partial charge in [-0.1, -0.05) is 12.1 Å². The van der Waals surface area contributed by atoms with E-state index in [1.165, 1.54) is 0 Å². The highest BCUT2D eigenvalue weighted by molar-refractivity contribution is 7.99. The molecule has 92 valence electrons. The van der Waals surface area contributed by atoms with E-state index < -0.39 is 5.41 Å². The van der Waals surface area contributed by atoms with Crippen LogP contribution in [0, 0.1) is 5.41 Å². The van der Waals surface area contributed by atoms with Crippen LogP contribution in [0.15, 0.2) is 5.16 Å². The highest BCUT2D eigenvalue weighted by Gasteiger charge is 2.54. The summed E-state index contributed by atoms with van der Waals surface area (Å²) in [5.74, 6) is 1.83. The molecule has 1 aliphatic rings. The predicted octanol–water partition coefficient (Wildman–Crippen LogP) is 0.771. The molecule has 4 N–H and O–H groups in total. The van der Waals surface area contributed by atoms with Gasteiger partial charge in [0.2, 0.25) is 5.91 Å². The molecule has 0 aromatic rings. The number of hydrogen-bond acceptors (Lipinski definition) is 4. The van der Waals surface area contributed by atoms with Crippen molar-refractivity contribution in [3.05, 3.63) is 0 Å². The number of amidine groups is 1. The van der Waals surface area contributed by atoms with Crippen molar-refractivity contribution in [2.24, 2.45) is 16.3 Å². The molecule has 1 amide bonds. The zero-order valence-electron chi connectivity index (χ0n) is 9.69. The van der Waals surface area contributed by atoms with Crippen molar-refractivity contribution in [2.75, 3.05) is 11.5 Å². The molecule has 6 heteroatoms. The molecule has 0 heterocycles. The Balaban J connectivity index is 2.47. The molecule has 1 rings (SSSR count). The number of carbonyl (C=O) groups excluding carboxylic acids is 1. The van der Waals surface area contributed by atoms with Gasteiger partial charge in [0.1, 0.15) is 5.41 Å². The fraction of sp³-hybridized carbons (Fsp3) is 0.800. The first-order valence-corrected chi connectivity index (χ1v) is 6.59. The fourth-order valence-electron chi connectivity index (χ4n) is 1.52. The second-order valence-electron chi connectivity index (χ2n) is 4.10. The second-order valence-corrected chi connectivity index (χ2v) is 5.42. The summed E-state index contributed by atoms with van der Waals surface area (Å²) in [7, 11) is 0. The van der Waals surface area contributed by atoms with E-state index in [1.54, 1.807) is 11.8 Å². The summed E-state index contributed by atoms with van der Waals surface area (Å²) in [6, 6.07) is 0.112. The summed E-state index contributed by atoms with van der Waals surface area (Å²) in [5, 5.41) is 14.5. The third-order valence-electron chi connectivity index (χ3n) is 2.73. The third kappa shape index (κ3) is 2.81. The Bertz CT molecular complexity index is 290. The van der Waals surface area contributed by atoms with Crippen LogP contribution < -0.4 is 11.1 Å². The minimum absolute atomic E-state index is 0.0281. The summed E-state index contributed by atoms with van der Waals surface area (Å²) in [5.41, 5.74) is 4.79. The second kappa shape index (κ2) is 5.43. The molecule has 1 saturated carbocycles. The molecular weight excluding hydrogens is 226 g/mol. The van der Waals surface area contributed by atoms with Crippen molar-refractivity contribution < 1.29 is 10.0 Å². The minimum Gasteiger partial charge on any atom is -0.409 e. The lowest BCUT2D eigenvalue weighted by atomic mass is 10.1. The molecule has 0 spiro atoms. The largest absolute Gasteiger partial charge is 0.409 e. The van der Waals surface area contributed by atoms with Crippen LogP contribution in [-0.2, 0) is 4.79 Å². The smallest absolute Gasteiger partial charge is 0.234 e. The van der Waals surface area contributed by atoms with Crippen molar-refractivity contribution in [2.45, 2.75) is 32.7 Å². The minimum atomic E-state index is -0.736. The van der Waals surface area contributed by atoms with Gasteiger partial charge in [-0.25, -0.2) is 0 Å². The molecule has 0 aliphatic heterocycles. The molecule has 0 saturated heterocycles. The Labute approximate surface area is 99.8 Å². The lowest BCUT2D eigenvalue weighted by molar-refractivity contribution is -0.124. The molecule has 0 aromatic heterocycles. The molecule has 0 aromatic carbocycles. The van der Waals surface area contributed by atoms with Gasteiger partial charge in [-0.05, 0) is 25.5 Å². The first kappa shape index (κ1) is 13.2. The van der Waals surface area contributed by atoms with Gasteiger partial charge in [0.05, 0.1) is 0 Å². The van der Waals surface area contributed by atoms with Crippen molar-refractivity contribution in [1.29, 1.82) is 0 Å². The number of rotatable bonds is 6. The number of nitrogens with one attached hydrogen (secondary N) is 1. The number of carbonyl (C=O) groups is 1. The van der Waals surface area contributed by atoms with Crippen molar-refractivity contribution in [1.82, 2.24) is 5.32 Å². The predicted molar refractivity (Wildman–Crippen MR) is 65.7 cm³/mol. The number of hydrogen-bond donors (Lipinski definition) is 3. The molecule has 1 aliphatic carbocycles. The van der Waals surface area contributed by atoms with Crippen LogP contribution >= 0.6 is 11.8 Å². The third-order valence-corrected chi connectivity index (χ3v) is 3.88. The van der Waals surface area contributed by atoms with Crippen LogP contribution in [0.2, 0.25) is 0 Å². The quantitative estimate of drug-likeness (QED) is 0.279. The molecule has 1 atom stereocenters. The molecule has 1 fully saturated rings. The highest BCUT2D eigenvalue weighted by atomic mass is 32.2. The SMILES string of the molecule is CCSCC(C)NC(=O)C1(C(N)=NO)CC1. The van der Waals surface area contributed by atoms with Crippen molar-refractivity contribution >= 4 is 23.5 Å². The first-order valence-electron chi connectivity index (χ1n) is 5.43. The van der Waals surface area contributed by atoms with Gasteiger partial charge >= 0.3 is 0 Å². The van der Waals surface area contributed by atoms with Gasteiger partial charge in [-0.2, -0.15) is 11.8 Å². The highest BCUT2D eigenvalue weighted by Crippen LogP contribution is 2.46. The Morgan fingerprint density at radius 1 is 1.69 bits per heavy atom. The van der Waals surface area contributed by atoms with Gasteiger partial charge in [0.25, 0.3) is 0 Å². The van der Waals surface area contributed by atoms with Crippen LogP contribution in [0.5, 0.6) is 0 Å². The number of thioether (sulfide) groups is 1. The van der Waals surface area contributed by atoms with Crippen molar-refractivity contribution in [3.8, 4) is 0 Å². The average Bonchev–Trinajstić information content (AvgIpc) is 3.06. The van der Waals surface area contributed by atoms with Crippen molar-refractivity contribution in [3.63, 3.8) is 0 Å². The van der Waals surface area contributed by atoms with E-state index in [-0.39, 0.29) is 17.8 Å². The van der Waals surface area contributed by atoms with E-state index in [0.29, 0.717) is 12.8 Å². The summed E-state index contributed by atoms with van der Waals surface area (Å²) >= 11 is 1.78.